The minimum Gasteiger partial charge on any atom is -0.497 e. The van der Waals surface area contributed by atoms with E-state index in [0.717, 1.165) is 16.7 Å². The summed E-state index contributed by atoms with van der Waals surface area (Å²) in [6.07, 6.45) is -0.0687. The maximum atomic E-state index is 13.7. The van der Waals surface area contributed by atoms with Gasteiger partial charge in [-0.15, -0.1) is 0 Å². The molecule has 0 bridgehead atoms. The molecule has 2 unspecified atom stereocenters. The molecule has 0 spiro atoms. The Morgan fingerprint density at radius 1 is 1.03 bits per heavy atom. The summed E-state index contributed by atoms with van der Waals surface area (Å²) in [6, 6.07) is 11.6. The van der Waals surface area contributed by atoms with E-state index in [4.69, 9.17) is 9.47 Å². The molecule has 0 aliphatic carbocycles. The number of nitrogens with one attached hydrogen (secondary N) is 2. The summed E-state index contributed by atoms with van der Waals surface area (Å²) in [5.74, 6) is -0.0633. The van der Waals surface area contributed by atoms with Crippen molar-refractivity contribution in [3.8, 4) is 5.75 Å². The predicted molar refractivity (Wildman–Crippen MR) is 141 cm³/mol. The predicted octanol–water partition coefficient (Wildman–Crippen LogP) is 5.14. The summed E-state index contributed by atoms with van der Waals surface area (Å²) in [4.78, 5) is 41.0. The van der Waals surface area contributed by atoms with Gasteiger partial charge in [0, 0.05) is 11.7 Å². The monoisotopic (exact) mass is 497 g/mol. The highest BCUT2D eigenvalue weighted by Crippen LogP contribution is 2.30. The molecule has 0 heterocycles. The molecule has 0 aromatic heterocycles. The Kier molecular flexibility index (Phi) is 9.90. The lowest BCUT2D eigenvalue weighted by molar-refractivity contribution is -0.140. The summed E-state index contributed by atoms with van der Waals surface area (Å²) >= 11 is 0. The normalized spacial score (nSPS) is 12.8. The maximum absolute atomic E-state index is 13.7. The zero-order valence-corrected chi connectivity index (χ0v) is 22.6. The summed E-state index contributed by atoms with van der Waals surface area (Å²) in [6.45, 7) is 12.7. The Bertz CT molecular complexity index is 1060. The number of carbonyl (C=O) groups excluding carboxylic acids is 3. The number of anilines is 1. The number of rotatable bonds is 9. The van der Waals surface area contributed by atoms with Gasteiger partial charge in [0.05, 0.1) is 7.11 Å². The van der Waals surface area contributed by atoms with Gasteiger partial charge in [-0.25, -0.2) is 4.79 Å². The van der Waals surface area contributed by atoms with Crippen LogP contribution in [0.25, 0.3) is 0 Å². The highest BCUT2D eigenvalue weighted by Gasteiger charge is 2.35. The summed E-state index contributed by atoms with van der Waals surface area (Å²) < 4.78 is 10.5. The molecule has 2 atom stereocenters. The van der Waals surface area contributed by atoms with E-state index in [0.29, 0.717) is 17.9 Å². The molecule has 2 N–H and O–H groups in total. The van der Waals surface area contributed by atoms with Crippen molar-refractivity contribution in [1.82, 2.24) is 10.2 Å². The third-order valence-electron chi connectivity index (χ3n) is 5.74. The molecule has 2 rings (SSSR count). The van der Waals surface area contributed by atoms with Crippen molar-refractivity contribution in [3.63, 3.8) is 0 Å². The largest absolute Gasteiger partial charge is 0.497 e. The highest BCUT2D eigenvalue weighted by atomic mass is 16.6. The van der Waals surface area contributed by atoms with Gasteiger partial charge in [0.15, 0.2) is 0 Å². The standard InChI is InChI=1S/C28H39N3O5/c1-9-20(4)31(24(32)17-29-27(34)36-28(5,6)7)25(23-15-10-18(2)16-19(23)3)26(33)30-21-11-13-22(35-8)14-12-21/h10-16,20,25H,9,17H2,1-8H3,(H,29,34)(H,30,33). The Morgan fingerprint density at radius 3 is 2.19 bits per heavy atom. The molecule has 0 aliphatic heterocycles. The van der Waals surface area contributed by atoms with Gasteiger partial charge in [0.1, 0.15) is 23.9 Å². The van der Waals surface area contributed by atoms with Crippen molar-refractivity contribution in [3.05, 3.63) is 59.2 Å². The Labute approximate surface area is 214 Å². The van der Waals surface area contributed by atoms with E-state index >= 15 is 0 Å². The molecule has 36 heavy (non-hydrogen) atoms. The summed E-state index contributed by atoms with van der Waals surface area (Å²) in [5.41, 5.74) is 2.56. The molecule has 0 aliphatic rings. The third-order valence-corrected chi connectivity index (χ3v) is 5.74. The van der Waals surface area contributed by atoms with E-state index in [1.807, 2.05) is 45.9 Å². The van der Waals surface area contributed by atoms with Gasteiger partial charge in [-0.3, -0.25) is 9.59 Å². The van der Waals surface area contributed by atoms with Gasteiger partial charge >= 0.3 is 6.09 Å². The summed E-state index contributed by atoms with van der Waals surface area (Å²) in [7, 11) is 1.57. The van der Waals surface area contributed by atoms with E-state index in [-0.39, 0.29) is 24.4 Å². The van der Waals surface area contributed by atoms with Gasteiger partial charge in [0.25, 0.3) is 5.91 Å². The maximum Gasteiger partial charge on any atom is 0.408 e. The van der Waals surface area contributed by atoms with Crippen molar-refractivity contribution in [2.24, 2.45) is 0 Å². The van der Waals surface area contributed by atoms with Crippen LogP contribution in [0.1, 0.15) is 63.8 Å². The number of nitrogens with zero attached hydrogens (tertiary/aromatic N) is 1. The molecule has 0 saturated carbocycles. The van der Waals surface area contributed by atoms with Crippen LogP contribution in [0.3, 0.4) is 0 Å². The molecule has 0 fully saturated rings. The molecule has 0 radical (unpaired) electrons. The van der Waals surface area contributed by atoms with Gasteiger partial charge in [-0.2, -0.15) is 0 Å². The molecule has 8 nitrogen and oxygen atoms in total. The number of benzene rings is 2. The highest BCUT2D eigenvalue weighted by molar-refractivity contribution is 5.98. The van der Waals surface area contributed by atoms with Crippen LogP contribution >= 0.6 is 0 Å². The van der Waals surface area contributed by atoms with Crippen molar-refractivity contribution in [1.29, 1.82) is 0 Å². The van der Waals surface area contributed by atoms with E-state index in [1.54, 1.807) is 57.0 Å². The van der Waals surface area contributed by atoms with Gasteiger partial charge in [-0.1, -0.05) is 30.7 Å². The fraction of sp³-hybridized carbons (Fsp3) is 0.464. The zero-order valence-electron chi connectivity index (χ0n) is 22.6. The molecule has 8 heteroatoms. The smallest absolute Gasteiger partial charge is 0.408 e. The number of carbonyl (C=O) groups is 3. The van der Waals surface area contributed by atoms with E-state index in [2.05, 4.69) is 10.6 Å². The second kappa shape index (κ2) is 12.4. The van der Waals surface area contributed by atoms with Crippen molar-refractivity contribution < 1.29 is 23.9 Å². The number of aryl methyl sites for hydroxylation is 2. The Hall–Kier alpha value is -3.55. The number of ether oxygens (including phenoxy) is 2. The average Bonchev–Trinajstić information content (AvgIpc) is 2.80. The lowest BCUT2D eigenvalue weighted by Crippen LogP contribution is -2.50. The average molecular weight is 498 g/mol. The van der Waals surface area contributed by atoms with Gasteiger partial charge < -0.3 is 25.0 Å². The topological polar surface area (TPSA) is 97.0 Å². The van der Waals surface area contributed by atoms with Crippen LogP contribution in [0, 0.1) is 13.8 Å². The molecule has 0 saturated heterocycles. The Morgan fingerprint density at radius 2 is 1.67 bits per heavy atom. The van der Waals surface area contributed by atoms with E-state index in [9.17, 15) is 14.4 Å². The number of alkyl carbamates (subject to hydrolysis) is 1. The van der Waals surface area contributed by atoms with Crippen LogP contribution in [0.15, 0.2) is 42.5 Å². The third kappa shape index (κ3) is 8.00. The van der Waals surface area contributed by atoms with Crippen molar-refractivity contribution >= 4 is 23.6 Å². The molecular weight excluding hydrogens is 458 g/mol. The quantitative estimate of drug-likeness (QED) is 0.500. The summed E-state index contributed by atoms with van der Waals surface area (Å²) in [5, 5.41) is 5.48. The first-order valence-corrected chi connectivity index (χ1v) is 12.2. The van der Waals surface area contributed by atoms with Crippen LogP contribution in [-0.4, -0.2) is 48.1 Å². The molecule has 3 amide bonds. The molecular formula is C28H39N3O5. The van der Waals surface area contributed by atoms with Crippen LogP contribution < -0.4 is 15.4 Å². The zero-order chi connectivity index (χ0) is 27.0. The number of methoxy groups -OCH3 is 1. The van der Waals surface area contributed by atoms with Crippen molar-refractivity contribution in [2.75, 3.05) is 19.0 Å². The number of hydrogen-bond acceptors (Lipinski definition) is 5. The fourth-order valence-corrected chi connectivity index (χ4v) is 3.83. The first-order chi connectivity index (χ1) is 16.9. The minimum atomic E-state index is -0.907. The van der Waals surface area contributed by atoms with Crippen LogP contribution in [0.5, 0.6) is 5.75 Å². The van der Waals surface area contributed by atoms with Crippen LogP contribution in [-0.2, 0) is 14.3 Å². The van der Waals surface area contributed by atoms with Crippen molar-refractivity contribution in [2.45, 2.75) is 72.6 Å². The number of hydrogen-bond donors (Lipinski definition) is 2. The van der Waals surface area contributed by atoms with Gasteiger partial charge in [0.2, 0.25) is 5.91 Å². The van der Waals surface area contributed by atoms with Crippen LogP contribution in [0.4, 0.5) is 10.5 Å². The second-order valence-electron chi connectivity index (χ2n) is 9.89. The lowest BCUT2D eigenvalue weighted by atomic mass is 9.95. The molecule has 2 aromatic carbocycles. The fourth-order valence-electron chi connectivity index (χ4n) is 3.83. The lowest BCUT2D eigenvalue weighted by Gasteiger charge is -2.36. The number of amides is 3. The molecule has 196 valence electrons. The second-order valence-corrected chi connectivity index (χ2v) is 9.89. The molecule has 2 aromatic rings. The SMILES string of the molecule is CCC(C)N(C(=O)CNC(=O)OC(C)(C)C)C(C(=O)Nc1ccc(OC)cc1)c1ccc(C)cc1C. The van der Waals surface area contributed by atoms with Crippen LogP contribution in [0.2, 0.25) is 0 Å². The minimum absolute atomic E-state index is 0.273. The first kappa shape index (κ1) is 28.7. The van der Waals surface area contributed by atoms with Gasteiger partial charge in [-0.05, 0) is 83.4 Å². The first-order valence-electron chi connectivity index (χ1n) is 12.2. The Balaban J connectivity index is 2.43. The van der Waals surface area contributed by atoms with E-state index < -0.39 is 17.7 Å². The van der Waals surface area contributed by atoms with E-state index in [1.165, 1.54) is 0 Å².